The van der Waals surface area contributed by atoms with Crippen molar-refractivity contribution in [2.75, 3.05) is 11.4 Å². The highest BCUT2D eigenvalue weighted by Crippen LogP contribution is 2.26. The fourth-order valence-electron chi connectivity index (χ4n) is 2.96. The van der Waals surface area contributed by atoms with Gasteiger partial charge in [-0.15, -0.1) is 0 Å². The summed E-state index contributed by atoms with van der Waals surface area (Å²) in [6, 6.07) is 21.2. The number of hydrogen-bond donors (Lipinski definition) is 1. The first-order valence-corrected chi connectivity index (χ1v) is 10.7. The van der Waals surface area contributed by atoms with Crippen LogP contribution in [-0.2, 0) is 16.6 Å². The van der Waals surface area contributed by atoms with Gasteiger partial charge in [0.2, 0.25) is 0 Å². The van der Waals surface area contributed by atoms with Crippen LogP contribution in [0.25, 0.3) is 0 Å². The number of carbonyl (C=O) groups is 1. The van der Waals surface area contributed by atoms with E-state index in [1.54, 1.807) is 48.5 Å². The van der Waals surface area contributed by atoms with Gasteiger partial charge < -0.3 is 5.32 Å². The smallest absolute Gasteiger partial charge is 0.264 e. The van der Waals surface area contributed by atoms with Crippen molar-refractivity contribution in [2.24, 2.45) is 0 Å². The number of nitrogens with zero attached hydrogens (tertiary/aromatic N) is 1. The molecule has 0 aliphatic rings. The fraction of sp³-hybridized carbons (Fsp3) is 0.174. The van der Waals surface area contributed by atoms with Crippen molar-refractivity contribution >= 4 is 21.6 Å². The molecule has 0 atom stereocenters. The van der Waals surface area contributed by atoms with Gasteiger partial charge in [-0.1, -0.05) is 54.1 Å². The lowest BCUT2D eigenvalue weighted by Gasteiger charge is -2.22. The summed E-state index contributed by atoms with van der Waals surface area (Å²) in [5.74, 6) is -0.252. The number of sulfonamides is 1. The van der Waals surface area contributed by atoms with Crippen LogP contribution in [-0.4, -0.2) is 21.4 Å². The summed E-state index contributed by atoms with van der Waals surface area (Å²) in [5.41, 5.74) is 3.80. The number of nitrogens with one attached hydrogen (secondary N) is 1. The number of aryl methyl sites for hydroxylation is 2. The zero-order valence-electron chi connectivity index (χ0n) is 16.7. The summed E-state index contributed by atoms with van der Waals surface area (Å²) in [7, 11) is -2.22. The van der Waals surface area contributed by atoms with Crippen LogP contribution in [0.1, 0.15) is 27.0 Å². The van der Waals surface area contributed by atoms with Crippen molar-refractivity contribution in [1.82, 2.24) is 5.32 Å². The molecule has 150 valence electrons. The number of benzene rings is 3. The van der Waals surface area contributed by atoms with Gasteiger partial charge in [0.15, 0.2) is 0 Å². The summed E-state index contributed by atoms with van der Waals surface area (Å²) in [6.07, 6.45) is 0. The molecule has 0 heterocycles. The first-order chi connectivity index (χ1) is 13.8. The summed E-state index contributed by atoms with van der Waals surface area (Å²) in [5, 5.41) is 2.88. The number of amides is 1. The van der Waals surface area contributed by atoms with Crippen molar-refractivity contribution in [3.63, 3.8) is 0 Å². The lowest BCUT2D eigenvalue weighted by molar-refractivity contribution is 0.0951. The Labute approximate surface area is 172 Å². The van der Waals surface area contributed by atoms with Crippen LogP contribution in [0.5, 0.6) is 0 Å². The number of hydrogen-bond acceptors (Lipinski definition) is 3. The normalized spacial score (nSPS) is 11.1. The second-order valence-corrected chi connectivity index (χ2v) is 8.92. The van der Waals surface area contributed by atoms with Crippen LogP contribution in [0.3, 0.4) is 0 Å². The Morgan fingerprint density at radius 2 is 1.59 bits per heavy atom. The van der Waals surface area contributed by atoms with Crippen molar-refractivity contribution in [2.45, 2.75) is 25.3 Å². The molecule has 0 fully saturated rings. The van der Waals surface area contributed by atoms with E-state index >= 15 is 0 Å². The molecular formula is C23H24N2O3S. The second kappa shape index (κ2) is 8.49. The zero-order valence-corrected chi connectivity index (χ0v) is 17.5. The molecule has 6 heteroatoms. The molecule has 5 nitrogen and oxygen atoms in total. The van der Waals surface area contributed by atoms with E-state index in [2.05, 4.69) is 5.32 Å². The molecule has 0 radical (unpaired) electrons. The molecule has 0 saturated carbocycles. The third-order valence-corrected chi connectivity index (χ3v) is 6.57. The van der Waals surface area contributed by atoms with Crippen molar-refractivity contribution in [3.05, 3.63) is 95.1 Å². The third kappa shape index (κ3) is 4.66. The maximum atomic E-state index is 12.9. The van der Waals surface area contributed by atoms with E-state index in [1.807, 2.05) is 38.1 Å². The molecule has 3 aromatic carbocycles. The Morgan fingerprint density at radius 3 is 2.24 bits per heavy atom. The molecule has 29 heavy (non-hydrogen) atoms. The molecule has 0 aromatic heterocycles. The summed E-state index contributed by atoms with van der Waals surface area (Å²) >= 11 is 0. The first-order valence-electron chi connectivity index (χ1n) is 9.27. The van der Waals surface area contributed by atoms with Crippen molar-refractivity contribution < 1.29 is 13.2 Å². The molecule has 0 bridgehead atoms. The SMILES string of the molecule is Cc1ccc(CNC(=O)c2ccc(C)c(N(C)S(=O)(=O)c3ccccc3)c2)cc1. The largest absolute Gasteiger partial charge is 0.348 e. The van der Waals surface area contributed by atoms with E-state index in [4.69, 9.17) is 0 Å². The molecule has 0 unspecified atom stereocenters. The average molecular weight is 409 g/mol. The average Bonchev–Trinajstić information content (AvgIpc) is 2.73. The summed E-state index contributed by atoms with van der Waals surface area (Å²) in [4.78, 5) is 12.8. The Morgan fingerprint density at radius 1 is 0.931 bits per heavy atom. The molecular weight excluding hydrogens is 384 g/mol. The highest BCUT2D eigenvalue weighted by Gasteiger charge is 2.23. The Balaban J connectivity index is 1.82. The van der Waals surface area contributed by atoms with Gasteiger partial charge in [0, 0.05) is 19.2 Å². The van der Waals surface area contributed by atoms with E-state index in [-0.39, 0.29) is 10.8 Å². The molecule has 0 aliphatic heterocycles. The quantitative estimate of drug-likeness (QED) is 0.669. The van der Waals surface area contributed by atoms with Crippen LogP contribution >= 0.6 is 0 Å². The van der Waals surface area contributed by atoms with Crippen LogP contribution in [0.4, 0.5) is 5.69 Å². The maximum absolute atomic E-state index is 12.9. The van der Waals surface area contributed by atoms with E-state index in [0.29, 0.717) is 17.8 Å². The molecule has 3 rings (SSSR count). The van der Waals surface area contributed by atoms with E-state index < -0.39 is 10.0 Å². The predicted octanol–water partition coefficient (Wildman–Crippen LogP) is 4.06. The number of rotatable bonds is 6. The lowest BCUT2D eigenvalue weighted by atomic mass is 10.1. The molecule has 0 aliphatic carbocycles. The Kier molecular flexibility index (Phi) is 6.03. The van der Waals surface area contributed by atoms with E-state index in [0.717, 1.165) is 16.7 Å². The summed E-state index contributed by atoms with van der Waals surface area (Å²) < 4.78 is 27.1. The fourth-order valence-corrected chi connectivity index (χ4v) is 4.23. The van der Waals surface area contributed by atoms with Gasteiger partial charge >= 0.3 is 0 Å². The van der Waals surface area contributed by atoms with Gasteiger partial charge in [0.25, 0.3) is 15.9 Å². The van der Waals surface area contributed by atoms with Crippen molar-refractivity contribution in [1.29, 1.82) is 0 Å². The number of anilines is 1. The third-order valence-electron chi connectivity index (χ3n) is 4.79. The van der Waals surface area contributed by atoms with Gasteiger partial charge in [-0.25, -0.2) is 8.42 Å². The zero-order chi connectivity index (χ0) is 21.0. The topological polar surface area (TPSA) is 66.5 Å². The van der Waals surface area contributed by atoms with E-state index in [1.165, 1.54) is 11.4 Å². The Bertz CT molecular complexity index is 1110. The lowest BCUT2D eigenvalue weighted by Crippen LogP contribution is -2.28. The van der Waals surface area contributed by atoms with Crippen LogP contribution in [0, 0.1) is 13.8 Å². The minimum atomic E-state index is -3.71. The highest BCUT2D eigenvalue weighted by molar-refractivity contribution is 7.92. The minimum Gasteiger partial charge on any atom is -0.348 e. The van der Waals surface area contributed by atoms with Crippen LogP contribution in [0.15, 0.2) is 77.7 Å². The molecule has 0 spiro atoms. The standard InChI is InChI=1S/C23H24N2O3S/c1-17-9-12-19(13-10-17)16-24-23(26)20-14-11-18(2)22(15-20)25(3)29(27,28)21-7-5-4-6-8-21/h4-15H,16H2,1-3H3,(H,24,26). The monoisotopic (exact) mass is 408 g/mol. The molecule has 1 N–H and O–H groups in total. The Hall–Kier alpha value is -3.12. The highest BCUT2D eigenvalue weighted by atomic mass is 32.2. The molecule has 1 amide bonds. The van der Waals surface area contributed by atoms with E-state index in [9.17, 15) is 13.2 Å². The van der Waals surface area contributed by atoms with Gasteiger partial charge in [0.05, 0.1) is 10.6 Å². The molecule has 0 saturated heterocycles. The first kappa shape index (κ1) is 20.6. The minimum absolute atomic E-state index is 0.205. The maximum Gasteiger partial charge on any atom is 0.264 e. The van der Waals surface area contributed by atoms with Gasteiger partial charge in [-0.05, 0) is 49.2 Å². The number of carbonyl (C=O) groups excluding carboxylic acids is 1. The van der Waals surface area contributed by atoms with Gasteiger partial charge in [-0.3, -0.25) is 9.10 Å². The second-order valence-electron chi connectivity index (χ2n) is 6.96. The van der Waals surface area contributed by atoms with Crippen LogP contribution in [0.2, 0.25) is 0 Å². The summed E-state index contributed by atoms with van der Waals surface area (Å²) in [6.45, 7) is 4.23. The van der Waals surface area contributed by atoms with Gasteiger partial charge in [-0.2, -0.15) is 0 Å². The molecule has 3 aromatic rings. The van der Waals surface area contributed by atoms with Crippen LogP contribution < -0.4 is 9.62 Å². The van der Waals surface area contributed by atoms with Gasteiger partial charge in [0.1, 0.15) is 0 Å². The predicted molar refractivity (Wildman–Crippen MR) is 116 cm³/mol. The van der Waals surface area contributed by atoms with Crippen molar-refractivity contribution in [3.8, 4) is 0 Å².